The lowest BCUT2D eigenvalue weighted by Crippen LogP contribution is -2.18. The SMILES string of the molecule is CNC(=O)CCCOc1ccc(C(=O)O)c(C)c1. The van der Waals surface area contributed by atoms with Gasteiger partial charge in [0.2, 0.25) is 5.91 Å². The molecule has 0 saturated heterocycles. The molecule has 0 aliphatic heterocycles. The zero-order chi connectivity index (χ0) is 13.5. The lowest BCUT2D eigenvalue weighted by atomic mass is 10.1. The number of hydrogen-bond acceptors (Lipinski definition) is 3. The molecule has 5 nitrogen and oxygen atoms in total. The summed E-state index contributed by atoms with van der Waals surface area (Å²) in [5.74, 6) is -0.343. The maximum absolute atomic E-state index is 11.0. The van der Waals surface area contributed by atoms with Crippen molar-refractivity contribution in [2.75, 3.05) is 13.7 Å². The molecule has 0 aliphatic rings. The van der Waals surface area contributed by atoms with E-state index in [2.05, 4.69) is 5.32 Å². The van der Waals surface area contributed by atoms with Crippen LogP contribution in [0.25, 0.3) is 0 Å². The molecule has 1 aromatic rings. The van der Waals surface area contributed by atoms with E-state index in [-0.39, 0.29) is 11.5 Å². The maximum Gasteiger partial charge on any atom is 0.335 e. The fourth-order valence-electron chi connectivity index (χ4n) is 1.51. The summed E-state index contributed by atoms with van der Waals surface area (Å²) in [6.07, 6.45) is 1.04. The number of hydrogen-bond donors (Lipinski definition) is 2. The number of rotatable bonds is 6. The van der Waals surface area contributed by atoms with Crippen LogP contribution in [0.2, 0.25) is 0 Å². The second-order valence-electron chi connectivity index (χ2n) is 3.91. The molecule has 0 spiro atoms. The largest absolute Gasteiger partial charge is 0.494 e. The topological polar surface area (TPSA) is 75.6 Å². The lowest BCUT2D eigenvalue weighted by molar-refractivity contribution is -0.120. The van der Waals surface area contributed by atoms with Crippen molar-refractivity contribution in [3.8, 4) is 5.75 Å². The van der Waals surface area contributed by atoms with Gasteiger partial charge in [-0.05, 0) is 37.1 Å². The number of aromatic carboxylic acids is 1. The summed E-state index contributed by atoms with van der Waals surface area (Å²) in [4.78, 5) is 21.8. The number of carboxylic acids is 1. The first kappa shape index (κ1) is 14.0. The Labute approximate surface area is 106 Å². The van der Waals surface area contributed by atoms with Crippen molar-refractivity contribution < 1.29 is 19.4 Å². The Kier molecular flexibility index (Phi) is 5.17. The predicted octanol–water partition coefficient (Wildman–Crippen LogP) is 1.60. The van der Waals surface area contributed by atoms with Crippen molar-refractivity contribution in [1.82, 2.24) is 5.32 Å². The standard InChI is InChI=1S/C13H17NO4/c1-9-8-10(5-6-11(9)13(16)17)18-7-3-4-12(15)14-2/h5-6,8H,3-4,7H2,1-2H3,(H,14,15)(H,16,17). The Balaban J connectivity index is 2.46. The molecule has 1 aromatic carbocycles. The van der Waals surface area contributed by atoms with E-state index in [0.29, 0.717) is 30.8 Å². The van der Waals surface area contributed by atoms with Crippen LogP contribution < -0.4 is 10.1 Å². The summed E-state index contributed by atoms with van der Waals surface area (Å²) in [5, 5.41) is 11.4. The van der Waals surface area contributed by atoms with Gasteiger partial charge in [-0.1, -0.05) is 0 Å². The molecule has 1 amide bonds. The molecule has 0 atom stereocenters. The van der Waals surface area contributed by atoms with Crippen LogP contribution in [0, 0.1) is 6.92 Å². The summed E-state index contributed by atoms with van der Waals surface area (Å²) >= 11 is 0. The Morgan fingerprint density at radius 2 is 2.11 bits per heavy atom. The molecule has 98 valence electrons. The molecule has 0 radical (unpaired) electrons. The van der Waals surface area contributed by atoms with Crippen LogP contribution in [0.1, 0.15) is 28.8 Å². The summed E-state index contributed by atoms with van der Waals surface area (Å²) in [6.45, 7) is 2.15. The average molecular weight is 251 g/mol. The van der Waals surface area contributed by atoms with Crippen LogP contribution in [0.4, 0.5) is 0 Å². The van der Waals surface area contributed by atoms with E-state index in [9.17, 15) is 9.59 Å². The number of benzene rings is 1. The second-order valence-corrected chi connectivity index (χ2v) is 3.91. The first-order chi connectivity index (χ1) is 8.54. The lowest BCUT2D eigenvalue weighted by Gasteiger charge is -2.08. The van der Waals surface area contributed by atoms with Gasteiger partial charge in [0.05, 0.1) is 12.2 Å². The molecule has 0 unspecified atom stereocenters. The van der Waals surface area contributed by atoms with E-state index in [1.165, 1.54) is 6.07 Å². The normalized spacial score (nSPS) is 9.89. The third-order valence-electron chi connectivity index (χ3n) is 2.52. The summed E-state index contributed by atoms with van der Waals surface area (Å²) in [6, 6.07) is 4.82. The zero-order valence-electron chi connectivity index (χ0n) is 10.5. The first-order valence-electron chi connectivity index (χ1n) is 5.72. The highest BCUT2D eigenvalue weighted by Crippen LogP contribution is 2.17. The highest BCUT2D eigenvalue weighted by Gasteiger charge is 2.07. The number of aryl methyl sites for hydroxylation is 1. The molecule has 1 rings (SSSR count). The van der Waals surface area contributed by atoms with Gasteiger partial charge in [0.15, 0.2) is 0 Å². The van der Waals surface area contributed by atoms with Crippen LogP contribution in [-0.4, -0.2) is 30.6 Å². The van der Waals surface area contributed by atoms with Gasteiger partial charge >= 0.3 is 5.97 Å². The number of amides is 1. The third-order valence-corrected chi connectivity index (χ3v) is 2.52. The molecule has 2 N–H and O–H groups in total. The van der Waals surface area contributed by atoms with E-state index < -0.39 is 5.97 Å². The van der Waals surface area contributed by atoms with Gasteiger partial charge in [0.25, 0.3) is 0 Å². The average Bonchev–Trinajstić information content (AvgIpc) is 2.34. The molecular weight excluding hydrogens is 234 g/mol. The molecule has 0 aliphatic carbocycles. The smallest absolute Gasteiger partial charge is 0.335 e. The molecular formula is C13H17NO4. The van der Waals surface area contributed by atoms with Crippen LogP contribution >= 0.6 is 0 Å². The van der Waals surface area contributed by atoms with Crippen LogP contribution in [0.3, 0.4) is 0 Å². The van der Waals surface area contributed by atoms with Crippen LogP contribution in [0.5, 0.6) is 5.75 Å². The van der Waals surface area contributed by atoms with Gasteiger partial charge < -0.3 is 15.2 Å². The van der Waals surface area contributed by atoms with E-state index in [1.54, 1.807) is 26.1 Å². The summed E-state index contributed by atoms with van der Waals surface area (Å²) in [5.41, 5.74) is 0.930. The van der Waals surface area contributed by atoms with Gasteiger partial charge in [-0.15, -0.1) is 0 Å². The van der Waals surface area contributed by atoms with Crippen molar-refractivity contribution >= 4 is 11.9 Å². The fourth-order valence-corrected chi connectivity index (χ4v) is 1.51. The Morgan fingerprint density at radius 3 is 2.67 bits per heavy atom. The quantitative estimate of drug-likeness (QED) is 0.753. The third kappa shape index (κ3) is 4.08. The minimum absolute atomic E-state index is 0.0176. The Morgan fingerprint density at radius 1 is 1.39 bits per heavy atom. The van der Waals surface area contributed by atoms with Crippen LogP contribution in [0.15, 0.2) is 18.2 Å². The minimum Gasteiger partial charge on any atom is -0.494 e. The fraction of sp³-hybridized carbons (Fsp3) is 0.385. The van der Waals surface area contributed by atoms with Gasteiger partial charge in [-0.2, -0.15) is 0 Å². The number of carbonyl (C=O) groups excluding carboxylic acids is 1. The molecule has 0 bridgehead atoms. The van der Waals surface area contributed by atoms with Gasteiger partial charge in [0, 0.05) is 13.5 Å². The highest BCUT2D eigenvalue weighted by atomic mass is 16.5. The van der Waals surface area contributed by atoms with Crippen molar-refractivity contribution in [3.05, 3.63) is 29.3 Å². The number of nitrogens with one attached hydrogen (secondary N) is 1. The van der Waals surface area contributed by atoms with Crippen molar-refractivity contribution in [1.29, 1.82) is 0 Å². The summed E-state index contributed by atoms with van der Waals surface area (Å²) < 4.78 is 5.44. The van der Waals surface area contributed by atoms with E-state index in [4.69, 9.17) is 9.84 Å². The molecule has 0 fully saturated rings. The number of ether oxygens (including phenoxy) is 1. The second kappa shape index (κ2) is 6.64. The highest BCUT2D eigenvalue weighted by molar-refractivity contribution is 5.89. The zero-order valence-corrected chi connectivity index (χ0v) is 10.5. The first-order valence-corrected chi connectivity index (χ1v) is 5.72. The van der Waals surface area contributed by atoms with Gasteiger partial charge in [0.1, 0.15) is 5.75 Å². The van der Waals surface area contributed by atoms with Crippen LogP contribution in [-0.2, 0) is 4.79 Å². The molecule has 0 heterocycles. The monoisotopic (exact) mass is 251 g/mol. The Hall–Kier alpha value is -2.04. The Bertz CT molecular complexity index is 443. The number of carboxylic acid groups (broad SMARTS) is 1. The molecule has 18 heavy (non-hydrogen) atoms. The van der Waals surface area contributed by atoms with Gasteiger partial charge in [-0.3, -0.25) is 4.79 Å². The molecule has 0 saturated carbocycles. The molecule has 5 heteroatoms. The van der Waals surface area contributed by atoms with Crippen molar-refractivity contribution in [3.63, 3.8) is 0 Å². The number of carbonyl (C=O) groups is 2. The molecule has 0 aromatic heterocycles. The van der Waals surface area contributed by atoms with E-state index in [0.717, 1.165) is 0 Å². The van der Waals surface area contributed by atoms with Crippen molar-refractivity contribution in [2.45, 2.75) is 19.8 Å². The van der Waals surface area contributed by atoms with E-state index >= 15 is 0 Å². The minimum atomic E-state index is -0.946. The summed E-state index contributed by atoms with van der Waals surface area (Å²) in [7, 11) is 1.59. The van der Waals surface area contributed by atoms with E-state index in [1.807, 2.05) is 0 Å². The predicted molar refractivity (Wildman–Crippen MR) is 66.9 cm³/mol. The van der Waals surface area contributed by atoms with Crippen molar-refractivity contribution in [2.24, 2.45) is 0 Å². The maximum atomic E-state index is 11.0. The van der Waals surface area contributed by atoms with Gasteiger partial charge in [-0.25, -0.2) is 4.79 Å².